The van der Waals surface area contributed by atoms with E-state index in [1.165, 1.54) is 24.4 Å². The number of piperidine rings is 2. The number of amides is 2. The Hall–Kier alpha value is -5.07. The van der Waals surface area contributed by atoms with Crippen LogP contribution in [0.2, 0.25) is 0 Å². The van der Waals surface area contributed by atoms with Crippen molar-refractivity contribution in [2.75, 3.05) is 78.2 Å². The first-order valence-corrected chi connectivity index (χ1v) is 21.3. The van der Waals surface area contributed by atoms with Crippen LogP contribution >= 0.6 is 0 Å². The lowest BCUT2D eigenvalue weighted by Crippen LogP contribution is -2.60. The first-order valence-electron chi connectivity index (χ1n) is 21.3. The lowest BCUT2D eigenvalue weighted by molar-refractivity contribution is -0.0944. The maximum absolute atomic E-state index is 17.6. The Balaban J connectivity index is 0.00000544. The highest BCUT2D eigenvalue weighted by atomic mass is 19.1. The molecule has 2 amide bonds. The summed E-state index contributed by atoms with van der Waals surface area (Å²) in [5.74, 6) is -1.29. The zero-order chi connectivity index (χ0) is 43.4. The second kappa shape index (κ2) is 16.6. The van der Waals surface area contributed by atoms with Gasteiger partial charge in [-0.15, -0.1) is 0 Å². The van der Waals surface area contributed by atoms with Crippen LogP contribution in [-0.4, -0.2) is 139 Å². The van der Waals surface area contributed by atoms with Gasteiger partial charge in [-0.3, -0.25) is 9.88 Å². The molecule has 0 spiro atoms. The number of hydrogen-bond acceptors (Lipinski definition) is 12. The molecule has 8 heterocycles. The third-order valence-electron chi connectivity index (χ3n) is 13.4. The van der Waals surface area contributed by atoms with Crippen molar-refractivity contribution in [3.63, 3.8) is 0 Å². The van der Waals surface area contributed by atoms with E-state index in [1.807, 2.05) is 0 Å². The Morgan fingerprint density at radius 1 is 1.02 bits per heavy atom. The van der Waals surface area contributed by atoms with E-state index in [4.69, 9.17) is 28.7 Å². The fourth-order valence-electron chi connectivity index (χ4n) is 10.4. The molecule has 6 aliphatic heterocycles. The van der Waals surface area contributed by atoms with Gasteiger partial charge in [-0.2, -0.15) is 9.97 Å². The Morgan fingerprint density at radius 3 is 2.61 bits per heavy atom. The highest BCUT2D eigenvalue weighted by Crippen LogP contribution is 2.43. The molecular formula is C44H53F4N7O7. The molecule has 0 radical (unpaired) electrons. The van der Waals surface area contributed by atoms with Gasteiger partial charge in [0.15, 0.2) is 5.82 Å². The van der Waals surface area contributed by atoms with Crippen molar-refractivity contribution in [1.29, 1.82) is 0 Å². The number of likely N-dealkylation sites (tertiary alicyclic amines) is 1. The minimum absolute atomic E-state index is 0. The van der Waals surface area contributed by atoms with Crippen LogP contribution in [0.25, 0.3) is 32.9 Å². The summed E-state index contributed by atoms with van der Waals surface area (Å²) in [5, 5.41) is 3.70. The molecule has 6 aliphatic rings. The summed E-state index contributed by atoms with van der Waals surface area (Å²) in [5.41, 5.74) is -2.34. The molecule has 2 aromatic heterocycles. The second-order valence-electron chi connectivity index (χ2n) is 17.8. The highest BCUT2D eigenvalue weighted by Gasteiger charge is 2.49. The van der Waals surface area contributed by atoms with Gasteiger partial charge in [-0.05, 0) is 86.5 Å². The zero-order valence-electron chi connectivity index (χ0n) is 35.1. The summed E-state index contributed by atoms with van der Waals surface area (Å²) in [6.45, 7) is 3.64. The minimum Gasteiger partial charge on any atom is -0.461 e. The number of aromatic nitrogens is 3. The van der Waals surface area contributed by atoms with Crippen LogP contribution in [0.1, 0.15) is 58.9 Å². The number of nitrogens with zero attached hydrogens (tertiary/aromatic N) is 6. The maximum atomic E-state index is 17.6. The summed E-state index contributed by atoms with van der Waals surface area (Å²) >= 11 is 0. The number of alkyl halides is 2. The normalized spacial score (nSPS) is 26.4. The lowest BCUT2D eigenvalue weighted by atomic mass is 9.90. The average molecular weight is 868 g/mol. The van der Waals surface area contributed by atoms with Gasteiger partial charge in [-0.1, -0.05) is 6.07 Å². The Kier molecular flexibility index (Phi) is 11.3. The predicted molar refractivity (Wildman–Crippen MR) is 222 cm³/mol. The number of methoxy groups -OCH3 is 2. The maximum Gasteiger partial charge on any atom is 0.415 e. The molecular weight excluding hydrogens is 815 g/mol. The van der Waals surface area contributed by atoms with E-state index in [-0.39, 0.29) is 98.7 Å². The number of hydrogen-bond donors (Lipinski definition) is 1. The number of pyridine rings is 1. The molecule has 4 aromatic rings. The number of fused-ring (bicyclic) bond motifs is 7. The van der Waals surface area contributed by atoms with Gasteiger partial charge >= 0.3 is 18.2 Å². The highest BCUT2D eigenvalue weighted by molar-refractivity contribution is 6.02. The van der Waals surface area contributed by atoms with E-state index in [0.29, 0.717) is 56.3 Å². The first-order chi connectivity index (χ1) is 29.8. The summed E-state index contributed by atoms with van der Waals surface area (Å²) in [4.78, 5) is 46.0. The van der Waals surface area contributed by atoms with Gasteiger partial charge in [-0.25, -0.2) is 27.2 Å². The lowest BCUT2D eigenvalue weighted by Gasteiger charge is -2.42. The van der Waals surface area contributed by atoms with E-state index in [0.717, 1.165) is 13.0 Å². The van der Waals surface area contributed by atoms with E-state index in [9.17, 15) is 14.0 Å². The van der Waals surface area contributed by atoms with Gasteiger partial charge < -0.3 is 38.8 Å². The van der Waals surface area contributed by atoms with Gasteiger partial charge in [0.2, 0.25) is 0 Å². The molecule has 4 saturated heterocycles. The van der Waals surface area contributed by atoms with E-state index < -0.39 is 52.8 Å². The monoisotopic (exact) mass is 867 g/mol. The Labute approximate surface area is 357 Å². The van der Waals surface area contributed by atoms with Crippen molar-refractivity contribution in [3.05, 3.63) is 47.7 Å². The van der Waals surface area contributed by atoms with Crippen molar-refractivity contribution in [2.24, 2.45) is 0 Å². The number of ether oxygens (including phenoxy) is 5. The summed E-state index contributed by atoms with van der Waals surface area (Å²) < 4.78 is 93.0. The number of anilines is 1. The zero-order valence-corrected chi connectivity index (χ0v) is 35.1. The van der Waals surface area contributed by atoms with Crippen LogP contribution in [0.15, 0.2) is 30.5 Å². The SMILES string of the molecule is COCC1(OC)CCN(C(=O)Oc2cc3c4c(c(F)ccc4c2)CCCOC(=O)N[C@]2(C)C[C@@H](F)CN(C2)c2nc(OC[C@@]45CCCN4C[C@H](F)C5)nc4c(F)c-3ncc24)CC1.[HH]. The number of benzene rings is 2. The predicted octanol–water partition coefficient (Wildman–Crippen LogP) is 6.93. The largest absolute Gasteiger partial charge is 0.461 e. The van der Waals surface area contributed by atoms with Crippen molar-refractivity contribution in [2.45, 2.75) is 87.3 Å². The van der Waals surface area contributed by atoms with Gasteiger partial charge in [0.05, 0.1) is 41.8 Å². The Morgan fingerprint density at radius 2 is 1.82 bits per heavy atom. The smallest absolute Gasteiger partial charge is 0.415 e. The molecule has 18 heteroatoms. The fraction of sp³-hybridized carbons (Fsp3) is 0.568. The number of rotatable bonds is 7. The number of alkyl carbamates (subject to hydrolysis) is 1. The number of carbonyl (C=O) groups excluding carboxylic acids is 2. The summed E-state index contributed by atoms with van der Waals surface area (Å²) in [7, 11) is 3.21. The molecule has 14 nitrogen and oxygen atoms in total. The van der Waals surface area contributed by atoms with Gasteiger partial charge in [0, 0.05) is 66.4 Å². The van der Waals surface area contributed by atoms with E-state index in [1.54, 1.807) is 37.0 Å². The Bertz CT molecular complexity index is 2400. The standard InChI is InChI=1S/C44H51F4N7O7.H2/c1-42-18-27(45)21-54(23-42)38-32-20-49-36(35(48)37(32)50-39(51-38)61-24-43-9-5-12-55(43)22-28(46)19-43)31-17-29(62-41(57)53-13-10-44(59-3,11-14-53)25-58-2)16-26-7-8-33(47)30(34(26)31)6-4-15-60-40(56)52-42;/h7-8,16-17,20,27-28H,4-6,9-15,18-19,21-25H2,1-3H3,(H,52,56);1H/t27-,28-,42-,43+;/m1./s1. The molecule has 4 atom stereocenters. The quantitative estimate of drug-likeness (QED) is 0.193. The van der Waals surface area contributed by atoms with Crippen molar-refractivity contribution >= 4 is 39.7 Å². The molecule has 0 aliphatic carbocycles. The topological polar surface area (TPSA) is 141 Å². The van der Waals surface area contributed by atoms with Crippen molar-refractivity contribution in [1.82, 2.24) is 30.1 Å². The van der Waals surface area contributed by atoms with Crippen molar-refractivity contribution < 1.29 is 52.3 Å². The van der Waals surface area contributed by atoms with Crippen LogP contribution in [-0.2, 0) is 20.6 Å². The average Bonchev–Trinajstić information content (AvgIpc) is 3.77. The number of nitrogens with one attached hydrogen (secondary N) is 1. The molecule has 334 valence electrons. The summed E-state index contributed by atoms with van der Waals surface area (Å²) in [6, 6.07) is 5.64. The third kappa shape index (κ3) is 7.93. The molecule has 62 heavy (non-hydrogen) atoms. The van der Waals surface area contributed by atoms with E-state index >= 15 is 13.2 Å². The first kappa shape index (κ1) is 42.2. The summed E-state index contributed by atoms with van der Waals surface area (Å²) in [6.07, 6.45) is 0.666. The number of aryl methyl sites for hydroxylation is 1. The molecule has 1 N–H and O–H groups in total. The van der Waals surface area contributed by atoms with Crippen molar-refractivity contribution in [3.8, 4) is 23.0 Å². The van der Waals surface area contributed by atoms with Crippen LogP contribution in [0.5, 0.6) is 11.8 Å². The number of halogens is 4. The molecule has 0 unspecified atom stereocenters. The molecule has 4 fully saturated rings. The van der Waals surface area contributed by atoms with Crippen LogP contribution in [0.3, 0.4) is 0 Å². The van der Waals surface area contributed by atoms with Gasteiger partial charge in [0.25, 0.3) is 0 Å². The second-order valence-corrected chi connectivity index (χ2v) is 17.8. The fourth-order valence-corrected chi connectivity index (χ4v) is 10.4. The molecule has 10 rings (SSSR count). The third-order valence-corrected chi connectivity index (χ3v) is 13.4. The molecule has 6 bridgehead atoms. The number of carbonyl (C=O) groups is 2. The van der Waals surface area contributed by atoms with E-state index in [2.05, 4.69) is 20.2 Å². The molecule has 2 aromatic carbocycles. The van der Waals surface area contributed by atoms with Crippen LogP contribution in [0.4, 0.5) is 33.0 Å². The minimum atomic E-state index is -1.43. The van der Waals surface area contributed by atoms with Crippen LogP contribution < -0.4 is 19.7 Å². The van der Waals surface area contributed by atoms with Crippen LogP contribution in [0, 0.1) is 11.6 Å². The molecule has 0 saturated carbocycles. The van der Waals surface area contributed by atoms with Gasteiger partial charge in [0.1, 0.15) is 47.5 Å².